The van der Waals surface area contributed by atoms with Gasteiger partial charge in [-0.15, -0.1) is 0 Å². The third kappa shape index (κ3) is 4.81. The van der Waals surface area contributed by atoms with Gasteiger partial charge in [0.1, 0.15) is 5.82 Å². The lowest BCUT2D eigenvalue weighted by atomic mass is 10.2. The summed E-state index contributed by atoms with van der Waals surface area (Å²) in [4.78, 5) is 17.9. The molecule has 2 aromatic rings. The van der Waals surface area contributed by atoms with Crippen molar-refractivity contribution in [2.75, 3.05) is 24.2 Å². The summed E-state index contributed by atoms with van der Waals surface area (Å²) in [5.74, 6) is 0.0474. The van der Waals surface area contributed by atoms with Crippen molar-refractivity contribution in [1.82, 2.24) is 10.4 Å². The van der Waals surface area contributed by atoms with Crippen molar-refractivity contribution in [1.29, 1.82) is 0 Å². The molecule has 120 valence electrons. The average Bonchev–Trinajstić information content (AvgIpc) is 2.56. The second-order valence-corrected chi connectivity index (χ2v) is 5.18. The lowest BCUT2D eigenvalue weighted by Crippen LogP contribution is -2.18. The number of benzene rings is 1. The number of hydrogen-bond donors (Lipinski definition) is 2. The van der Waals surface area contributed by atoms with E-state index in [-0.39, 0.29) is 5.91 Å². The Hall–Kier alpha value is -2.89. The molecule has 1 aromatic heterocycles. The minimum Gasteiger partial charge on any atom is -0.384 e. The molecular weight excluding hydrogens is 290 g/mol. The van der Waals surface area contributed by atoms with Crippen molar-refractivity contribution in [2.24, 2.45) is 5.10 Å². The second-order valence-electron chi connectivity index (χ2n) is 5.18. The number of nitrogens with zero attached hydrogens (tertiary/aromatic N) is 3. The van der Waals surface area contributed by atoms with Crippen LogP contribution < -0.4 is 16.1 Å². The van der Waals surface area contributed by atoms with E-state index in [0.717, 1.165) is 24.2 Å². The molecule has 0 spiro atoms. The van der Waals surface area contributed by atoms with Crippen LogP contribution in [0.1, 0.15) is 29.3 Å². The summed E-state index contributed by atoms with van der Waals surface area (Å²) < 4.78 is 0. The van der Waals surface area contributed by atoms with Crippen LogP contribution in [0, 0.1) is 0 Å². The van der Waals surface area contributed by atoms with E-state index in [1.165, 1.54) is 6.20 Å². The summed E-state index contributed by atoms with van der Waals surface area (Å²) in [7, 11) is 2.06. The molecule has 0 atom stereocenters. The highest BCUT2D eigenvalue weighted by Crippen LogP contribution is 2.13. The van der Waals surface area contributed by atoms with E-state index in [2.05, 4.69) is 34.4 Å². The number of rotatable bonds is 6. The Bertz CT molecular complexity index is 664. The van der Waals surface area contributed by atoms with Gasteiger partial charge in [-0.3, -0.25) is 4.79 Å². The van der Waals surface area contributed by atoms with Gasteiger partial charge in [0.05, 0.1) is 11.8 Å². The van der Waals surface area contributed by atoms with Gasteiger partial charge in [-0.25, -0.2) is 10.4 Å². The molecule has 1 heterocycles. The first-order valence-electron chi connectivity index (χ1n) is 7.46. The number of carbonyl (C=O) groups excluding carboxylic acids is 1. The average molecular weight is 311 g/mol. The summed E-state index contributed by atoms with van der Waals surface area (Å²) in [6.07, 6.45) is 4.12. The van der Waals surface area contributed by atoms with Crippen LogP contribution in [0.2, 0.25) is 0 Å². The number of pyridine rings is 1. The third-order valence-electron chi connectivity index (χ3n) is 3.32. The predicted octanol–water partition coefficient (Wildman–Crippen LogP) is 2.27. The summed E-state index contributed by atoms with van der Waals surface area (Å²) >= 11 is 0. The van der Waals surface area contributed by atoms with E-state index >= 15 is 0 Å². The Morgan fingerprint density at radius 1 is 1.30 bits per heavy atom. The molecule has 0 fully saturated rings. The van der Waals surface area contributed by atoms with Crippen LogP contribution in [0.15, 0.2) is 47.7 Å². The normalized spacial score (nSPS) is 10.7. The molecule has 0 unspecified atom stereocenters. The van der Waals surface area contributed by atoms with Gasteiger partial charge in [-0.05, 0) is 36.2 Å². The van der Waals surface area contributed by atoms with Crippen LogP contribution >= 0.6 is 0 Å². The monoisotopic (exact) mass is 311 g/mol. The highest BCUT2D eigenvalue weighted by Gasteiger charge is 2.04. The lowest BCUT2D eigenvalue weighted by molar-refractivity contribution is 0.0955. The number of nitrogen functional groups attached to an aromatic ring is 1. The van der Waals surface area contributed by atoms with Gasteiger partial charge in [-0.1, -0.05) is 19.1 Å². The number of amides is 1. The van der Waals surface area contributed by atoms with Gasteiger partial charge >= 0.3 is 0 Å². The molecule has 0 aliphatic heterocycles. The topological polar surface area (TPSA) is 83.6 Å². The zero-order valence-electron chi connectivity index (χ0n) is 13.4. The van der Waals surface area contributed by atoms with Crippen LogP contribution in [0.3, 0.4) is 0 Å². The first-order valence-corrected chi connectivity index (χ1v) is 7.46. The van der Waals surface area contributed by atoms with Crippen molar-refractivity contribution in [3.05, 3.63) is 53.7 Å². The fraction of sp³-hybridized carbons (Fsp3) is 0.235. The van der Waals surface area contributed by atoms with Gasteiger partial charge in [0.25, 0.3) is 5.91 Å². The Morgan fingerprint density at radius 2 is 2.04 bits per heavy atom. The number of nitrogens with one attached hydrogen (secondary N) is 1. The molecule has 3 N–H and O–H groups in total. The van der Waals surface area contributed by atoms with Crippen LogP contribution in [0.25, 0.3) is 0 Å². The lowest BCUT2D eigenvalue weighted by Gasteiger charge is -2.18. The highest BCUT2D eigenvalue weighted by molar-refractivity contribution is 5.94. The Morgan fingerprint density at radius 3 is 2.65 bits per heavy atom. The van der Waals surface area contributed by atoms with Crippen molar-refractivity contribution >= 4 is 23.6 Å². The minimum absolute atomic E-state index is 0.326. The maximum atomic E-state index is 11.8. The fourth-order valence-corrected chi connectivity index (χ4v) is 2.05. The third-order valence-corrected chi connectivity index (χ3v) is 3.32. The Labute approximate surface area is 136 Å². The summed E-state index contributed by atoms with van der Waals surface area (Å²) in [5, 5.41) is 3.95. The first kappa shape index (κ1) is 16.5. The van der Waals surface area contributed by atoms with E-state index in [4.69, 9.17) is 5.73 Å². The van der Waals surface area contributed by atoms with Crippen LogP contribution in [0.5, 0.6) is 0 Å². The summed E-state index contributed by atoms with van der Waals surface area (Å²) in [5.41, 5.74) is 10.4. The van der Waals surface area contributed by atoms with Gasteiger partial charge in [0, 0.05) is 25.5 Å². The number of carbonyl (C=O) groups is 1. The smallest absolute Gasteiger partial charge is 0.272 e. The van der Waals surface area contributed by atoms with Crippen LogP contribution in [-0.4, -0.2) is 30.7 Å². The molecule has 1 aromatic carbocycles. The Balaban J connectivity index is 1.92. The van der Waals surface area contributed by atoms with E-state index in [1.807, 2.05) is 24.3 Å². The fourth-order valence-electron chi connectivity index (χ4n) is 2.05. The number of hydrazone groups is 1. The van der Waals surface area contributed by atoms with E-state index in [0.29, 0.717) is 11.4 Å². The number of hydrogen-bond acceptors (Lipinski definition) is 5. The van der Waals surface area contributed by atoms with Gasteiger partial charge in [0.2, 0.25) is 0 Å². The van der Waals surface area contributed by atoms with Gasteiger partial charge < -0.3 is 10.6 Å². The molecule has 6 nitrogen and oxygen atoms in total. The number of anilines is 2. The van der Waals surface area contributed by atoms with E-state index in [9.17, 15) is 4.79 Å². The first-order chi connectivity index (χ1) is 11.1. The Kier molecular flexibility index (Phi) is 5.68. The van der Waals surface area contributed by atoms with Gasteiger partial charge in [0.15, 0.2) is 0 Å². The zero-order valence-corrected chi connectivity index (χ0v) is 13.4. The number of aromatic nitrogens is 1. The molecule has 1 amide bonds. The molecule has 0 bridgehead atoms. The molecule has 23 heavy (non-hydrogen) atoms. The highest BCUT2D eigenvalue weighted by atomic mass is 16.2. The molecule has 0 radical (unpaired) electrons. The maximum absolute atomic E-state index is 11.8. The standard InChI is InChI=1S/C17H21N5O/c1-3-10-22(2)15-7-4-13(5-8-15)11-20-21-17(23)14-6-9-16(18)19-12-14/h4-9,11-12H,3,10H2,1-2H3,(H2,18,19)(H,21,23)/b20-11+. The number of nitrogens with two attached hydrogens (primary N) is 1. The quantitative estimate of drug-likeness (QED) is 0.633. The molecule has 0 saturated heterocycles. The second kappa shape index (κ2) is 7.93. The van der Waals surface area contributed by atoms with E-state index < -0.39 is 0 Å². The SMILES string of the molecule is CCCN(C)c1ccc(/C=N/NC(=O)c2ccc(N)nc2)cc1. The molecule has 2 rings (SSSR count). The zero-order chi connectivity index (χ0) is 16.7. The van der Waals surface area contributed by atoms with Crippen molar-refractivity contribution < 1.29 is 4.79 Å². The summed E-state index contributed by atoms with van der Waals surface area (Å²) in [6.45, 7) is 3.16. The van der Waals surface area contributed by atoms with Crippen molar-refractivity contribution in [2.45, 2.75) is 13.3 Å². The van der Waals surface area contributed by atoms with Crippen molar-refractivity contribution in [3.63, 3.8) is 0 Å². The minimum atomic E-state index is -0.326. The van der Waals surface area contributed by atoms with Gasteiger partial charge in [-0.2, -0.15) is 5.10 Å². The molecule has 0 aliphatic carbocycles. The van der Waals surface area contributed by atoms with E-state index in [1.54, 1.807) is 18.3 Å². The predicted molar refractivity (Wildman–Crippen MR) is 93.7 cm³/mol. The largest absolute Gasteiger partial charge is 0.384 e. The van der Waals surface area contributed by atoms with Crippen LogP contribution in [0.4, 0.5) is 11.5 Å². The van der Waals surface area contributed by atoms with Crippen LogP contribution in [-0.2, 0) is 0 Å². The molecule has 6 heteroatoms. The molecule has 0 saturated carbocycles. The molecular formula is C17H21N5O. The molecule has 0 aliphatic rings. The summed E-state index contributed by atoms with van der Waals surface area (Å²) in [6, 6.07) is 11.2. The maximum Gasteiger partial charge on any atom is 0.272 e. The van der Waals surface area contributed by atoms with Crippen molar-refractivity contribution in [3.8, 4) is 0 Å².